The van der Waals surface area contributed by atoms with Gasteiger partial charge in [-0.3, -0.25) is 14.4 Å². The van der Waals surface area contributed by atoms with Crippen LogP contribution in [0.1, 0.15) is 39.7 Å². The molecule has 9 atom stereocenters. The number of amides is 1. The molecule has 0 bridgehead atoms. The van der Waals surface area contributed by atoms with Gasteiger partial charge < -0.3 is 20.3 Å². The Kier molecular flexibility index (Phi) is 7.32. The number of ketones is 1. The number of carbonyl (C=O) groups excluding carboxylic acids is 3. The van der Waals surface area contributed by atoms with Crippen molar-refractivity contribution < 1.29 is 29.3 Å². The summed E-state index contributed by atoms with van der Waals surface area (Å²) in [5, 5.41) is 25.7. The Balaban J connectivity index is 1.94. The van der Waals surface area contributed by atoms with Gasteiger partial charge in [0.15, 0.2) is 5.78 Å². The molecule has 3 N–H and O–H groups in total. The maximum absolute atomic E-state index is 14.2. The number of benzene rings is 1. The van der Waals surface area contributed by atoms with Crippen molar-refractivity contribution in [2.45, 2.75) is 64.4 Å². The first-order valence-electron chi connectivity index (χ1n) is 12.9. The Hall–Kier alpha value is -3.03. The summed E-state index contributed by atoms with van der Waals surface area (Å²) >= 11 is 0. The third-order valence-electron chi connectivity index (χ3n) is 8.53. The van der Waals surface area contributed by atoms with E-state index in [1.807, 2.05) is 37.3 Å². The lowest BCUT2D eigenvalue weighted by Crippen LogP contribution is -2.60. The van der Waals surface area contributed by atoms with Crippen molar-refractivity contribution in [1.82, 2.24) is 5.32 Å². The van der Waals surface area contributed by atoms with Gasteiger partial charge in [0.2, 0.25) is 5.91 Å². The predicted octanol–water partition coefficient (Wildman–Crippen LogP) is 2.92. The molecule has 1 saturated heterocycles. The van der Waals surface area contributed by atoms with Crippen LogP contribution >= 0.6 is 0 Å². The van der Waals surface area contributed by atoms with Gasteiger partial charge in [0.25, 0.3) is 0 Å². The lowest BCUT2D eigenvalue weighted by Gasteiger charge is -2.52. The van der Waals surface area contributed by atoms with Crippen LogP contribution in [-0.2, 0) is 25.5 Å². The van der Waals surface area contributed by atoms with Gasteiger partial charge in [0.1, 0.15) is 17.1 Å². The Morgan fingerprint density at radius 2 is 1.86 bits per heavy atom. The maximum atomic E-state index is 14.2. The smallest absolute Gasteiger partial charge is 0.303 e. The van der Waals surface area contributed by atoms with Gasteiger partial charge in [-0.2, -0.15) is 0 Å². The highest BCUT2D eigenvalue weighted by Crippen LogP contribution is 2.58. The summed E-state index contributed by atoms with van der Waals surface area (Å²) in [5.74, 6) is -3.26. The average molecular weight is 508 g/mol. The first-order valence-corrected chi connectivity index (χ1v) is 12.9. The highest BCUT2D eigenvalue weighted by atomic mass is 16.5. The summed E-state index contributed by atoms with van der Waals surface area (Å²) in [6, 6.07) is 9.49. The molecular formula is C30H37NO6. The highest BCUT2D eigenvalue weighted by molar-refractivity contribution is 5.91. The van der Waals surface area contributed by atoms with E-state index in [1.54, 1.807) is 19.1 Å². The topological polar surface area (TPSA) is 113 Å². The molecule has 7 nitrogen and oxygen atoms in total. The molecule has 1 spiro atoms. The minimum Gasteiger partial charge on any atom is -0.457 e. The highest BCUT2D eigenvalue weighted by Gasteiger charge is 2.68. The van der Waals surface area contributed by atoms with Crippen LogP contribution in [0.3, 0.4) is 0 Å². The monoisotopic (exact) mass is 507 g/mol. The first kappa shape index (κ1) is 27.0. The zero-order valence-electron chi connectivity index (χ0n) is 21.9. The minimum atomic E-state index is -1.82. The third kappa shape index (κ3) is 4.59. The molecule has 1 amide bonds. The molecule has 4 rings (SSSR count). The fourth-order valence-electron chi connectivity index (χ4n) is 6.68. The molecule has 1 aromatic carbocycles. The van der Waals surface area contributed by atoms with Gasteiger partial charge in [0, 0.05) is 30.7 Å². The number of nitrogens with one attached hydrogen (secondary N) is 1. The van der Waals surface area contributed by atoms with Crippen molar-refractivity contribution in [3.63, 3.8) is 0 Å². The van der Waals surface area contributed by atoms with E-state index in [0.29, 0.717) is 18.4 Å². The van der Waals surface area contributed by atoms with Crippen molar-refractivity contribution in [2.24, 2.45) is 29.1 Å². The molecular weight excluding hydrogens is 470 g/mol. The van der Waals surface area contributed by atoms with E-state index in [-0.39, 0.29) is 23.7 Å². The zero-order valence-corrected chi connectivity index (χ0v) is 21.9. The molecule has 0 aromatic heterocycles. The quantitative estimate of drug-likeness (QED) is 0.428. The van der Waals surface area contributed by atoms with E-state index >= 15 is 0 Å². The second-order valence-corrected chi connectivity index (χ2v) is 11.0. The predicted molar refractivity (Wildman–Crippen MR) is 139 cm³/mol. The van der Waals surface area contributed by atoms with E-state index in [9.17, 15) is 24.6 Å². The Bertz CT molecular complexity index is 1140. The number of allylic oxidation sites excluding steroid dienone is 1. The SMILES string of the molecule is C=C1C(O)[C@@H]2/C=C\C[C@H](C)C(=O)[C@](C)(O)/C=C/[C@@H](OC(C)=O)[C@]23C(=O)N[C@@H](Cc2ccccc2)[C@@H]3[C@@H]1C. The molecule has 1 unspecified atom stereocenters. The summed E-state index contributed by atoms with van der Waals surface area (Å²) in [7, 11) is 0. The van der Waals surface area contributed by atoms with Crippen molar-refractivity contribution in [1.29, 1.82) is 0 Å². The first-order chi connectivity index (χ1) is 17.4. The molecule has 37 heavy (non-hydrogen) atoms. The van der Waals surface area contributed by atoms with Crippen LogP contribution in [0.2, 0.25) is 0 Å². The number of Topliss-reactive ketones (excluding diaryl/α,β-unsaturated/α-hetero) is 1. The minimum absolute atomic E-state index is 0.287. The summed E-state index contributed by atoms with van der Waals surface area (Å²) in [6.45, 7) is 10.5. The van der Waals surface area contributed by atoms with E-state index < -0.39 is 46.9 Å². The van der Waals surface area contributed by atoms with Crippen LogP contribution in [0.5, 0.6) is 0 Å². The Morgan fingerprint density at radius 3 is 2.51 bits per heavy atom. The fourth-order valence-corrected chi connectivity index (χ4v) is 6.68. The van der Waals surface area contributed by atoms with Crippen LogP contribution < -0.4 is 5.32 Å². The largest absolute Gasteiger partial charge is 0.457 e. The molecule has 2 fully saturated rings. The van der Waals surface area contributed by atoms with Crippen LogP contribution in [0.4, 0.5) is 0 Å². The number of ether oxygens (including phenoxy) is 1. The third-order valence-corrected chi connectivity index (χ3v) is 8.53. The summed E-state index contributed by atoms with van der Waals surface area (Å²) < 4.78 is 5.81. The number of carbonyl (C=O) groups is 3. The van der Waals surface area contributed by atoms with E-state index in [1.165, 1.54) is 26.0 Å². The standard InChI is InChI=1S/C30H37NO6/c1-17-10-9-13-22-26(33)19(3)18(2)25-23(16-21-11-7-6-8-12-21)31-28(35)30(22,25)24(37-20(4)32)14-15-29(5,36)27(17)34/h6-9,11-15,17-18,22-26,33,36H,3,10,16H2,1-2,4-5H3,(H,31,35)/b13-9-,15-14+/t17-,18+,22-,23-,24+,25-,26?,29+,30+/m0/s1. The number of hydrogen-bond donors (Lipinski definition) is 3. The van der Waals surface area contributed by atoms with Crippen LogP contribution in [0.15, 0.2) is 66.8 Å². The van der Waals surface area contributed by atoms with Crippen molar-refractivity contribution in [2.75, 3.05) is 0 Å². The number of rotatable bonds is 3. The van der Waals surface area contributed by atoms with Gasteiger partial charge in [-0.25, -0.2) is 0 Å². The van der Waals surface area contributed by atoms with Gasteiger partial charge in [-0.15, -0.1) is 0 Å². The molecule has 1 saturated carbocycles. The molecule has 1 aliphatic heterocycles. The van der Waals surface area contributed by atoms with Crippen LogP contribution in [0, 0.1) is 29.1 Å². The molecule has 7 heteroatoms. The van der Waals surface area contributed by atoms with E-state index in [2.05, 4.69) is 11.9 Å². The molecule has 3 aliphatic rings. The number of esters is 1. The average Bonchev–Trinajstić information content (AvgIpc) is 3.13. The Morgan fingerprint density at radius 1 is 1.19 bits per heavy atom. The number of aliphatic hydroxyl groups excluding tert-OH is 1. The van der Waals surface area contributed by atoms with Gasteiger partial charge >= 0.3 is 5.97 Å². The fraction of sp³-hybridized carbons (Fsp3) is 0.500. The van der Waals surface area contributed by atoms with Crippen molar-refractivity contribution >= 4 is 17.7 Å². The number of aliphatic hydroxyl groups is 2. The van der Waals surface area contributed by atoms with E-state index in [4.69, 9.17) is 4.74 Å². The molecule has 2 aliphatic carbocycles. The van der Waals surface area contributed by atoms with E-state index in [0.717, 1.165) is 5.56 Å². The summed E-state index contributed by atoms with van der Waals surface area (Å²) in [6.07, 6.45) is 5.01. The lowest BCUT2D eigenvalue weighted by atomic mass is 9.51. The van der Waals surface area contributed by atoms with Gasteiger partial charge in [0.05, 0.1) is 6.10 Å². The van der Waals surface area contributed by atoms with Gasteiger partial charge in [-0.1, -0.05) is 62.9 Å². The summed E-state index contributed by atoms with van der Waals surface area (Å²) in [4.78, 5) is 39.5. The molecule has 1 heterocycles. The normalized spacial score (nSPS) is 41.6. The van der Waals surface area contributed by atoms with Crippen molar-refractivity contribution in [3.8, 4) is 0 Å². The van der Waals surface area contributed by atoms with Crippen molar-refractivity contribution in [3.05, 3.63) is 72.4 Å². The molecule has 0 radical (unpaired) electrons. The molecule has 1 aromatic rings. The molecule has 198 valence electrons. The lowest BCUT2D eigenvalue weighted by molar-refractivity contribution is -0.166. The second-order valence-electron chi connectivity index (χ2n) is 11.0. The maximum Gasteiger partial charge on any atom is 0.303 e. The number of hydrogen-bond acceptors (Lipinski definition) is 6. The Labute approximate surface area is 218 Å². The second kappa shape index (κ2) is 10.0. The van der Waals surface area contributed by atoms with Gasteiger partial charge in [-0.05, 0) is 49.0 Å². The van der Waals surface area contributed by atoms with Crippen LogP contribution in [-0.4, -0.2) is 51.7 Å². The summed E-state index contributed by atoms with van der Waals surface area (Å²) in [5.41, 5.74) is -1.55. The van der Waals surface area contributed by atoms with Crippen LogP contribution in [0.25, 0.3) is 0 Å². The zero-order chi connectivity index (χ0) is 27.1.